The standard InChI is InChI=1S/C64H44N2/c1-2-16-45(17-3-1)50-20-14-21-51(44-50)46-32-38-52(39-33-46)65(53-40-34-48(35-41-53)56-28-15-19-47-18-4-5-22-55(47)56)54-42-36-49(37-43-54)57-23-6-7-24-58(57)59-25-8-11-29-62(59)66-63-30-12-9-26-60(63)61-27-10-13-31-64(61)66/h1-44H. The van der Waals surface area contributed by atoms with Gasteiger partial charge in [-0.2, -0.15) is 0 Å². The van der Waals surface area contributed by atoms with Crippen LogP contribution in [-0.4, -0.2) is 4.57 Å². The molecule has 2 nitrogen and oxygen atoms in total. The SMILES string of the molecule is c1ccc(-c2cccc(-c3ccc(N(c4ccc(-c5ccccc5-c5ccccc5-n5c6ccccc6c6ccccc65)cc4)c4ccc(-c5cccc6ccccc56)cc4)cc3)c2)cc1. The number of fused-ring (bicyclic) bond motifs is 4. The van der Waals surface area contributed by atoms with Crippen LogP contribution in [-0.2, 0) is 0 Å². The van der Waals surface area contributed by atoms with E-state index in [4.69, 9.17) is 0 Å². The summed E-state index contributed by atoms with van der Waals surface area (Å²) in [6.07, 6.45) is 0. The van der Waals surface area contributed by atoms with Gasteiger partial charge in [0.25, 0.3) is 0 Å². The molecule has 0 aliphatic heterocycles. The molecule has 0 N–H and O–H groups in total. The summed E-state index contributed by atoms with van der Waals surface area (Å²) in [5, 5.41) is 5.01. The van der Waals surface area contributed by atoms with Crippen LogP contribution in [0.1, 0.15) is 0 Å². The summed E-state index contributed by atoms with van der Waals surface area (Å²) >= 11 is 0. The van der Waals surface area contributed by atoms with Crippen LogP contribution in [0.25, 0.3) is 93.9 Å². The summed E-state index contributed by atoms with van der Waals surface area (Å²) < 4.78 is 2.43. The second-order valence-electron chi connectivity index (χ2n) is 16.9. The lowest BCUT2D eigenvalue weighted by molar-refractivity contribution is 1.18. The molecule has 1 aromatic heterocycles. The largest absolute Gasteiger partial charge is 0.311 e. The fourth-order valence-electron chi connectivity index (χ4n) is 9.86. The van der Waals surface area contributed by atoms with Crippen molar-refractivity contribution in [2.45, 2.75) is 0 Å². The van der Waals surface area contributed by atoms with Gasteiger partial charge >= 0.3 is 0 Å². The van der Waals surface area contributed by atoms with Crippen molar-refractivity contribution < 1.29 is 0 Å². The van der Waals surface area contributed by atoms with Gasteiger partial charge in [0, 0.05) is 33.4 Å². The molecule has 0 aliphatic carbocycles. The molecular weight excluding hydrogens is 797 g/mol. The maximum absolute atomic E-state index is 2.43. The second-order valence-corrected chi connectivity index (χ2v) is 16.9. The Bertz CT molecular complexity index is 3620. The number of para-hydroxylation sites is 3. The van der Waals surface area contributed by atoms with Gasteiger partial charge in [0.05, 0.1) is 16.7 Å². The lowest BCUT2D eigenvalue weighted by Gasteiger charge is -2.26. The van der Waals surface area contributed by atoms with Crippen molar-refractivity contribution in [2.75, 3.05) is 4.90 Å². The van der Waals surface area contributed by atoms with E-state index in [9.17, 15) is 0 Å². The van der Waals surface area contributed by atoms with E-state index in [1.54, 1.807) is 0 Å². The summed E-state index contributed by atoms with van der Waals surface area (Å²) in [4.78, 5) is 2.37. The topological polar surface area (TPSA) is 8.17 Å². The van der Waals surface area contributed by atoms with E-state index in [2.05, 4.69) is 276 Å². The third-order valence-electron chi connectivity index (χ3n) is 13.0. The van der Waals surface area contributed by atoms with E-state index in [0.717, 1.165) is 28.3 Å². The number of hydrogen-bond donors (Lipinski definition) is 0. The van der Waals surface area contributed by atoms with Crippen molar-refractivity contribution in [2.24, 2.45) is 0 Å². The van der Waals surface area contributed by atoms with Crippen molar-refractivity contribution in [3.05, 3.63) is 267 Å². The van der Waals surface area contributed by atoms with Gasteiger partial charge in [0.2, 0.25) is 0 Å². The number of aromatic nitrogens is 1. The molecule has 12 aromatic rings. The van der Waals surface area contributed by atoms with Crippen LogP contribution >= 0.6 is 0 Å². The van der Waals surface area contributed by atoms with Gasteiger partial charge in [0.15, 0.2) is 0 Å². The summed E-state index contributed by atoms with van der Waals surface area (Å²) in [5.41, 5.74) is 18.8. The van der Waals surface area contributed by atoms with Crippen LogP contribution in [0, 0.1) is 0 Å². The molecular formula is C64H44N2. The van der Waals surface area contributed by atoms with Gasteiger partial charge in [0.1, 0.15) is 0 Å². The van der Waals surface area contributed by atoms with E-state index in [0.29, 0.717) is 0 Å². The highest BCUT2D eigenvalue weighted by atomic mass is 15.1. The molecule has 0 spiro atoms. The summed E-state index contributed by atoms with van der Waals surface area (Å²) in [6, 6.07) is 96.8. The van der Waals surface area contributed by atoms with E-state index in [1.165, 1.54) is 82.6 Å². The van der Waals surface area contributed by atoms with E-state index in [1.807, 2.05) is 0 Å². The van der Waals surface area contributed by atoms with Crippen molar-refractivity contribution >= 4 is 49.6 Å². The first kappa shape index (κ1) is 38.9. The van der Waals surface area contributed by atoms with Crippen molar-refractivity contribution in [3.8, 4) is 61.3 Å². The molecule has 0 amide bonds. The van der Waals surface area contributed by atoms with Crippen LogP contribution < -0.4 is 4.90 Å². The molecule has 11 aromatic carbocycles. The van der Waals surface area contributed by atoms with Crippen LogP contribution in [0.4, 0.5) is 17.1 Å². The average Bonchev–Trinajstić information content (AvgIpc) is 3.74. The van der Waals surface area contributed by atoms with Gasteiger partial charge < -0.3 is 9.47 Å². The lowest BCUT2D eigenvalue weighted by Crippen LogP contribution is -2.09. The Morgan fingerprint density at radius 1 is 0.242 bits per heavy atom. The molecule has 0 radical (unpaired) electrons. The fourth-order valence-corrected chi connectivity index (χ4v) is 9.86. The van der Waals surface area contributed by atoms with E-state index >= 15 is 0 Å². The number of nitrogens with zero attached hydrogens (tertiary/aromatic N) is 2. The molecule has 0 aliphatic rings. The van der Waals surface area contributed by atoms with Crippen molar-refractivity contribution in [3.63, 3.8) is 0 Å². The first-order chi connectivity index (χ1) is 32.7. The Balaban J connectivity index is 0.936. The second kappa shape index (κ2) is 16.8. The molecule has 66 heavy (non-hydrogen) atoms. The van der Waals surface area contributed by atoms with Gasteiger partial charge in [-0.1, -0.05) is 206 Å². The smallest absolute Gasteiger partial charge is 0.0541 e. The molecule has 310 valence electrons. The zero-order valence-corrected chi connectivity index (χ0v) is 36.3. The Morgan fingerprint density at radius 2 is 0.652 bits per heavy atom. The molecule has 1 heterocycles. The molecule has 0 saturated carbocycles. The zero-order chi connectivity index (χ0) is 43.8. The zero-order valence-electron chi connectivity index (χ0n) is 36.3. The summed E-state index contributed by atoms with van der Waals surface area (Å²) in [7, 11) is 0. The molecule has 0 fully saturated rings. The summed E-state index contributed by atoms with van der Waals surface area (Å²) in [5.74, 6) is 0. The highest BCUT2D eigenvalue weighted by molar-refractivity contribution is 6.10. The number of anilines is 3. The Morgan fingerprint density at radius 3 is 1.29 bits per heavy atom. The van der Waals surface area contributed by atoms with Crippen LogP contribution in [0.3, 0.4) is 0 Å². The minimum atomic E-state index is 1.08. The predicted octanol–water partition coefficient (Wildman–Crippen LogP) is 17.7. The maximum atomic E-state index is 2.43. The fraction of sp³-hybridized carbons (Fsp3) is 0. The van der Waals surface area contributed by atoms with Crippen LogP contribution in [0.15, 0.2) is 267 Å². The monoisotopic (exact) mass is 840 g/mol. The van der Waals surface area contributed by atoms with Crippen LogP contribution in [0.5, 0.6) is 0 Å². The molecule has 2 heteroatoms. The lowest BCUT2D eigenvalue weighted by atomic mass is 9.93. The first-order valence-electron chi connectivity index (χ1n) is 22.7. The minimum absolute atomic E-state index is 1.08. The minimum Gasteiger partial charge on any atom is -0.311 e. The van der Waals surface area contributed by atoms with E-state index < -0.39 is 0 Å². The van der Waals surface area contributed by atoms with E-state index in [-0.39, 0.29) is 0 Å². The molecule has 0 bridgehead atoms. The number of benzene rings is 11. The Labute approximate surface area is 385 Å². The van der Waals surface area contributed by atoms with Crippen molar-refractivity contribution in [1.29, 1.82) is 0 Å². The molecule has 12 rings (SSSR count). The van der Waals surface area contributed by atoms with Gasteiger partial charge in [-0.05, 0) is 122 Å². The predicted molar refractivity (Wildman–Crippen MR) is 280 cm³/mol. The normalized spacial score (nSPS) is 11.3. The van der Waals surface area contributed by atoms with Crippen LogP contribution in [0.2, 0.25) is 0 Å². The maximum Gasteiger partial charge on any atom is 0.0541 e. The third kappa shape index (κ3) is 7.02. The number of rotatable bonds is 9. The van der Waals surface area contributed by atoms with Gasteiger partial charge in [-0.3, -0.25) is 0 Å². The Kier molecular flexibility index (Phi) is 9.89. The van der Waals surface area contributed by atoms with Gasteiger partial charge in [-0.25, -0.2) is 0 Å². The van der Waals surface area contributed by atoms with Crippen molar-refractivity contribution in [1.82, 2.24) is 4.57 Å². The third-order valence-corrected chi connectivity index (χ3v) is 13.0. The highest BCUT2D eigenvalue weighted by Gasteiger charge is 2.19. The molecule has 0 unspecified atom stereocenters. The Hall–Kier alpha value is -8.72. The summed E-state index contributed by atoms with van der Waals surface area (Å²) in [6.45, 7) is 0. The number of hydrogen-bond acceptors (Lipinski definition) is 1. The van der Waals surface area contributed by atoms with Gasteiger partial charge in [-0.15, -0.1) is 0 Å². The molecule has 0 atom stereocenters. The molecule has 0 saturated heterocycles. The first-order valence-corrected chi connectivity index (χ1v) is 22.7. The average molecular weight is 841 g/mol. The quantitative estimate of drug-likeness (QED) is 0.141. The highest BCUT2D eigenvalue weighted by Crippen LogP contribution is 2.42.